The van der Waals surface area contributed by atoms with Gasteiger partial charge in [-0.3, -0.25) is 20.4 Å². The van der Waals surface area contributed by atoms with Gasteiger partial charge in [0.15, 0.2) is 0 Å². The SMILES string of the molecule is CC(C)C(=O)NNC(=O)c1cn(-c2ccccc2)nc1-c1ccc(Cl)cc1. The number of para-hydroxylation sites is 1. The molecule has 0 fully saturated rings. The Balaban J connectivity index is 1.97. The van der Waals surface area contributed by atoms with Crippen LogP contribution >= 0.6 is 11.6 Å². The summed E-state index contributed by atoms with van der Waals surface area (Å²) >= 11 is 5.96. The molecule has 1 aromatic heterocycles. The van der Waals surface area contributed by atoms with Crippen LogP contribution in [0.25, 0.3) is 16.9 Å². The molecule has 0 saturated heterocycles. The number of nitrogens with one attached hydrogen (secondary N) is 2. The van der Waals surface area contributed by atoms with Gasteiger partial charge in [-0.2, -0.15) is 5.10 Å². The zero-order chi connectivity index (χ0) is 19.4. The van der Waals surface area contributed by atoms with Gasteiger partial charge in [-0.15, -0.1) is 0 Å². The summed E-state index contributed by atoms with van der Waals surface area (Å²) in [5.41, 5.74) is 7.26. The summed E-state index contributed by atoms with van der Waals surface area (Å²) in [6.07, 6.45) is 1.64. The van der Waals surface area contributed by atoms with Crippen LogP contribution in [0.2, 0.25) is 5.02 Å². The fraction of sp³-hybridized carbons (Fsp3) is 0.150. The van der Waals surface area contributed by atoms with Gasteiger partial charge < -0.3 is 0 Å². The smallest absolute Gasteiger partial charge is 0.273 e. The average molecular weight is 383 g/mol. The summed E-state index contributed by atoms with van der Waals surface area (Å²) < 4.78 is 1.63. The normalized spacial score (nSPS) is 10.7. The van der Waals surface area contributed by atoms with Crippen molar-refractivity contribution in [3.8, 4) is 16.9 Å². The summed E-state index contributed by atoms with van der Waals surface area (Å²) in [7, 11) is 0. The van der Waals surface area contributed by atoms with Crippen molar-refractivity contribution in [2.45, 2.75) is 13.8 Å². The van der Waals surface area contributed by atoms with Gasteiger partial charge in [0.25, 0.3) is 5.91 Å². The number of halogens is 1. The van der Waals surface area contributed by atoms with Crippen LogP contribution < -0.4 is 10.9 Å². The van der Waals surface area contributed by atoms with Crippen LogP contribution in [0.1, 0.15) is 24.2 Å². The van der Waals surface area contributed by atoms with Crippen molar-refractivity contribution in [3.05, 3.63) is 71.4 Å². The van der Waals surface area contributed by atoms with E-state index >= 15 is 0 Å². The molecule has 0 aliphatic heterocycles. The molecular weight excluding hydrogens is 364 g/mol. The Labute approximate surface area is 162 Å². The maximum atomic E-state index is 12.7. The Bertz CT molecular complexity index is 950. The van der Waals surface area contributed by atoms with E-state index in [0.717, 1.165) is 11.3 Å². The van der Waals surface area contributed by atoms with Crippen LogP contribution in [-0.2, 0) is 4.79 Å². The minimum absolute atomic E-state index is 0.243. The van der Waals surface area contributed by atoms with Gasteiger partial charge in [0.1, 0.15) is 5.69 Å². The second kappa shape index (κ2) is 8.05. The molecule has 2 N–H and O–H groups in total. The van der Waals surface area contributed by atoms with Crippen LogP contribution in [0.3, 0.4) is 0 Å². The number of amides is 2. The molecule has 0 spiro atoms. The van der Waals surface area contributed by atoms with E-state index in [9.17, 15) is 9.59 Å². The van der Waals surface area contributed by atoms with Gasteiger partial charge in [0, 0.05) is 22.7 Å². The maximum Gasteiger partial charge on any atom is 0.273 e. The van der Waals surface area contributed by atoms with Gasteiger partial charge in [-0.05, 0) is 24.3 Å². The lowest BCUT2D eigenvalue weighted by Gasteiger charge is -2.09. The first-order valence-corrected chi connectivity index (χ1v) is 8.84. The number of aromatic nitrogens is 2. The van der Waals surface area contributed by atoms with Crippen molar-refractivity contribution in [2.24, 2.45) is 5.92 Å². The molecule has 6 nitrogen and oxygen atoms in total. The fourth-order valence-electron chi connectivity index (χ4n) is 2.40. The predicted molar refractivity (Wildman–Crippen MR) is 104 cm³/mol. The number of nitrogens with zero attached hydrogens (tertiary/aromatic N) is 2. The van der Waals surface area contributed by atoms with Crippen molar-refractivity contribution < 1.29 is 9.59 Å². The number of hydrogen-bond donors (Lipinski definition) is 2. The molecule has 0 atom stereocenters. The molecule has 0 unspecified atom stereocenters. The maximum absolute atomic E-state index is 12.7. The number of benzene rings is 2. The molecule has 0 radical (unpaired) electrons. The van der Waals surface area contributed by atoms with E-state index in [4.69, 9.17) is 11.6 Å². The first-order chi connectivity index (χ1) is 13.0. The first-order valence-electron chi connectivity index (χ1n) is 8.47. The molecule has 3 rings (SSSR count). The lowest BCUT2D eigenvalue weighted by atomic mass is 10.1. The summed E-state index contributed by atoms with van der Waals surface area (Å²) in [4.78, 5) is 24.4. The van der Waals surface area contributed by atoms with Gasteiger partial charge in [-0.25, -0.2) is 4.68 Å². The van der Waals surface area contributed by atoms with Crippen molar-refractivity contribution in [1.29, 1.82) is 0 Å². The van der Waals surface area contributed by atoms with Crippen LogP contribution in [0.4, 0.5) is 0 Å². The Morgan fingerprint density at radius 1 is 1.00 bits per heavy atom. The molecule has 1 heterocycles. The van der Waals surface area contributed by atoms with Crippen molar-refractivity contribution in [3.63, 3.8) is 0 Å². The number of hydrazine groups is 1. The molecule has 2 aromatic carbocycles. The van der Waals surface area contributed by atoms with E-state index < -0.39 is 5.91 Å². The zero-order valence-electron chi connectivity index (χ0n) is 14.9. The van der Waals surface area contributed by atoms with Gasteiger partial charge in [0.2, 0.25) is 5.91 Å². The van der Waals surface area contributed by atoms with Crippen LogP contribution in [0.15, 0.2) is 60.8 Å². The van der Waals surface area contributed by atoms with Crippen molar-refractivity contribution in [2.75, 3.05) is 0 Å². The number of carbonyl (C=O) groups is 2. The minimum atomic E-state index is -0.448. The monoisotopic (exact) mass is 382 g/mol. The van der Waals surface area contributed by atoms with Gasteiger partial charge >= 0.3 is 0 Å². The lowest BCUT2D eigenvalue weighted by Crippen LogP contribution is -2.43. The Kier molecular flexibility index (Phi) is 5.57. The van der Waals surface area contributed by atoms with Crippen LogP contribution in [-0.4, -0.2) is 21.6 Å². The first kappa shape index (κ1) is 18.7. The third kappa shape index (κ3) is 4.35. The van der Waals surface area contributed by atoms with Gasteiger partial charge in [0.05, 0.1) is 11.3 Å². The van der Waals surface area contributed by atoms with Crippen LogP contribution in [0.5, 0.6) is 0 Å². The topological polar surface area (TPSA) is 76.0 Å². The highest BCUT2D eigenvalue weighted by Crippen LogP contribution is 2.25. The molecule has 3 aromatic rings. The molecule has 27 heavy (non-hydrogen) atoms. The number of carbonyl (C=O) groups excluding carboxylic acids is 2. The van der Waals surface area contributed by atoms with E-state index in [-0.39, 0.29) is 11.8 Å². The summed E-state index contributed by atoms with van der Waals surface area (Å²) in [6.45, 7) is 3.49. The predicted octanol–water partition coefficient (Wildman–Crippen LogP) is 3.61. The molecular formula is C20H19ClN4O2. The molecule has 0 saturated carbocycles. The quantitative estimate of drug-likeness (QED) is 0.677. The average Bonchev–Trinajstić information content (AvgIpc) is 3.12. The molecule has 2 amide bonds. The second-order valence-corrected chi connectivity index (χ2v) is 6.71. The molecule has 138 valence electrons. The second-order valence-electron chi connectivity index (χ2n) is 6.28. The highest BCUT2D eigenvalue weighted by Gasteiger charge is 2.19. The van der Waals surface area contributed by atoms with E-state index in [1.165, 1.54) is 0 Å². The Morgan fingerprint density at radius 2 is 1.67 bits per heavy atom. The van der Waals surface area contributed by atoms with E-state index in [1.807, 2.05) is 30.3 Å². The number of rotatable bonds is 4. The van der Waals surface area contributed by atoms with Crippen molar-refractivity contribution in [1.82, 2.24) is 20.6 Å². The third-order valence-electron chi connectivity index (χ3n) is 3.92. The van der Waals surface area contributed by atoms with Crippen molar-refractivity contribution >= 4 is 23.4 Å². The number of hydrogen-bond acceptors (Lipinski definition) is 3. The Morgan fingerprint density at radius 3 is 2.30 bits per heavy atom. The standard InChI is InChI=1S/C20H19ClN4O2/c1-13(2)19(26)22-23-20(27)17-12-25(16-6-4-3-5-7-16)24-18(17)14-8-10-15(21)11-9-14/h3-13H,1-2H3,(H,22,26)(H,23,27). The minimum Gasteiger partial charge on any atom is -0.273 e. The molecule has 0 bridgehead atoms. The van der Waals surface area contributed by atoms with E-state index in [1.54, 1.807) is 49.0 Å². The Hall–Kier alpha value is -3.12. The summed E-state index contributed by atoms with van der Waals surface area (Å²) in [6, 6.07) is 16.5. The lowest BCUT2D eigenvalue weighted by molar-refractivity contribution is -0.124. The van der Waals surface area contributed by atoms with E-state index in [2.05, 4.69) is 16.0 Å². The fourth-order valence-corrected chi connectivity index (χ4v) is 2.53. The van der Waals surface area contributed by atoms with Gasteiger partial charge in [-0.1, -0.05) is 55.8 Å². The zero-order valence-corrected chi connectivity index (χ0v) is 15.7. The largest absolute Gasteiger partial charge is 0.273 e. The summed E-state index contributed by atoms with van der Waals surface area (Å²) in [5.74, 6) is -0.962. The van der Waals surface area contributed by atoms with E-state index in [0.29, 0.717) is 16.3 Å². The molecule has 0 aliphatic rings. The molecule has 0 aliphatic carbocycles. The summed E-state index contributed by atoms with van der Waals surface area (Å²) in [5, 5.41) is 5.16. The highest BCUT2D eigenvalue weighted by atomic mass is 35.5. The highest BCUT2D eigenvalue weighted by molar-refractivity contribution is 6.30. The molecule has 7 heteroatoms. The third-order valence-corrected chi connectivity index (χ3v) is 4.17. The van der Waals surface area contributed by atoms with Crippen LogP contribution in [0, 0.1) is 5.92 Å².